The lowest BCUT2D eigenvalue weighted by atomic mass is 9.47. The van der Waals surface area contributed by atoms with Gasteiger partial charge in [-0.15, -0.1) is 0 Å². The van der Waals surface area contributed by atoms with Crippen molar-refractivity contribution in [2.75, 3.05) is 7.11 Å². The first kappa shape index (κ1) is 8.79. The first-order valence-electron chi connectivity index (χ1n) is 4.86. The van der Waals surface area contributed by atoms with Gasteiger partial charge < -0.3 is 4.84 Å². The summed E-state index contributed by atoms with van der Waals surface area (Å²) in [6.07, 6.45) is 2.35. The number of nitrogens with zero attached hydrogens (tertiary/aromatic N) is 1. The van der Waals surface area contributed by atoms with Gasteiger partial charge in [0.1, 0.15) is 7.11 Å². The van der Waals surface area contributed by atoms with Gasteiger partial charge >= 0.3 is 0 Å². The van der Waals surface area contributed by atoms with Gasteiger partial charge in [-0.05, 0) is 35.7 Å². The van der Waals surface area contributed by atoms with Crippen LogP contribution in [0, 0.1) is 17.3 Å². The first-order chi connectivity index (χ1) is 6.07. The van der Waals surface area contributed by atoms with Crippen LogP contribution in [0.1, 0.15) is 26.7 Å². The third-order valence-electron chi connectivity index (χ3n) is 3.90. The standard InChI is InChI=1S/C11H17NO/c1-7-9-5-8(11(9,2)3)6-10(7)12-13-4/h8-9H,1,5-6H2,2-4H3. The van der Waals surface area contributed by atoms with E-state index in [1.54, 1.807) is 7.11 Å². The summed E-state index contributed by atoms with van der Waals surface area (Å²) >= 11 is 0. The molecule has 2 bridgehead atoms. The van der Waals surface area contributed by atoms with E-state index in [0.29, 0.717) is 11.3 Å². The van der Waals surface area contributed by atoms with E-state index in [2.05, 4.69) is 25.6 Å². The molecule has 72 valence electrons. The molecule has 2 atom stereocenters. The number of allylic oxidation sites excluding steroid dienone is 1. The van der Waals surface area contributed by atoms with Gasteiger partial charge in [0.25, 0.3) is 0 Å². The van der Waals surface area contributed by atoms with Gasteiger partial charge in [0.2, 0.25) is 0 Å². The van der Waals surface area contributed by atoms with E-state index in [9.17, 15) is 0 Å². The molecule has 3 aliphatic carbocycles. The fraction of sp³-hybridized carbons (Fsp3) is 0.727. The molecular weight excluding hydrogens is 162 g/mol. The van der Waals surface area contributed by atoms with Crippen molar-refractivity contribution in [1.29, 1.82) is 0 Å². The van der Waals surface area contributed by atoms with Crippen molar-refractivity contribution >= 4 is 5.71 Å². The average molecular weight is 179 g/mol. The number of oxime groups is 1. The SMILES string of the molecule is C=C1C(=NOC)CC2CC1C2(C)C. The van der Waals surface area contributed by atoms with Gasteiger partial charge in [0.15, 0.2) is 0 Å². The normalized spacial score (nSPS) is 38.7. The molecule has 2 heteroatoms. The second-order valence-electron chi connectivity index (χ2n) is 4.76. The summed E-state index contributed by atoms with van der Waals surface area (Å²) in [7, 11) is 1.60. The Hall–Kier alpha value is -0.790. The van der Waals surface area contributed by atoms with Crippen LogP contribution in [0.15, 0.2) is 17.3 Å². The summed E-state index contributed by atoms with van der Waals surface area (Å²) in [5.74, 6) is 1.43. The van der Waals surface area contributed by atoms with E-state index < -0.39 is 0 Å². The highest BCUT2D eigenvalue weighted by Gasteiger charge is 2.53. The monoisotopic (exact) mass is 179 g/mol. The van der Waals surface area contributed by atoms with Crippen LogP contribution in [0.5, 0.6) is 0 Å². The molecule has 0 amide bonds. The van der Waals surface area contributed by atoms with E-state index in [0.717, 1.165) is 18.1 Å². The quantitative estimate of drug-likeness (QED) is 0.567. The zero-order valence-electron chi connectivity index (χ0n) is 8.63. The maximum absolute atomic E-state index is 4.82. The van der Waals surface area contributed by atoms with Crippen LogP contribution in [0.4, 0.5) is 0 Å². The predicted octanol–water partition coefficient (Wildman–Crippen LogP) is 2.61. The Morgan fingerprint density at radius 3 is 2.69 bits per heavy atom. The maximum atomic E-state index is 4.82. The van der Waals surface area contributed by atoms with Crippen LogP contribution >= 0.6 is 0 Å². The van der Waals surface area contributed by atoms with Crippen molar-refractivity contribution in [2.24, 2.45) is 22.4 Å². The van der Waals surface area contributed by atoms with Crippen molar-refractivity contribution in [3.63, 3.8) is 0 Å². The third kappa shape index (κ3) is 1.04. The van der Waals surface area contributed by atoms with Crippen LogP contribution in [0.2, 0.25) is 0 Å². The van der Waals surface area contributed by atoms with Gasteiger partial charge in [0.05, 0.1) is 5.71 Å². The zero-order chi connectivity index (χ0) is 9.64. The topological polar surface area (TPSA) is 21.6 Å². The highest BCUT2D eigenvalue weighted by atomic mass is 16.6. The summed E-state index contributed by atoms with van der Waals surface area (Å²) in [4.78, 5) is 4.82. The highest BCUT2D eigenvalue weighted by Crippen LogP contribution is 2.59. The molecule has 0 aliphatic heterocycles. The largest absolute Gasteiger partial charge is 0.399 e. The molecule has 3 saturated carbocycles. The Balaban J connectivity index is 2.22. The highest BCUT2D eigenvalue weighted by molar-refractivity contribution is 6.01. The fourth-order valence-electron chi connectivity index (χ4n) is 2.73. The maximum Gasteiger partial charge on any atom is 0.106 e. The molecular formula is C11H17NO. The molecule has 2 unspecified atom stereocenters. The molecule has 3 rings (SSSR count). The molecule has 0 N–H and O–H groups in total. The Kier molecular flexibility index (Phi) is 1.76. The predicted molar refractivity (Wildman–Crippen MR) is 53.6 cm³/mol. The summed E-state index contributed by atoms with van der Waals surface area (Å²) < 4.78 is 0. The molecule has 0 aromatic carbocycles. The lowest BCUT2D eigenvalue weighted by molar-refractivity contribution is 0.000258. The number of rotatable bonds is 1. The van der Waals surface area contributed by atoms with Crippen LogP contribution in [-0.2, 0) is 4.84 Å². The Bertz CT molecular complexity index is 278. The molecule has 0 aromatic heterocycles. The molecule has 0 saturated heterocycles. The Morgan fingerprint density at radius 2 is 2.23 bits per heavy atom. The van der Waals surface area contributed by atoms with Crippen molar-refractivity contribution in [2.45, 2.75) is 26.7 Å². The summed E-state index contributed by atoms with van der Waals surface area (Å²) in [5, 5.41) is 4.03. The van der Waals surface area contributed by atoms with Gasteiger partial charge in [-0.25, -0.2) is 0 Å². The fourth-order valence-corrected chi connectivity index (χ4v) is 2.73. The molecule has 0 heterocycles. The Morgan fingerprint density at radius 1 is 1.54 bits per heavy atom. The smallest absolute Gasteiger partial charge is 0.106 e. The molecule has 0 spiro atoms. The summed E-state index contributed by atoms with van der Waals surface area (Å²) in [6.45, 7) is 8.79. The van der Waals surface area contributed by atoms with E-state index >= 15 is 0 Å². The van der Waals surface area contributed by atoms with Gasteiger partial charge in [-0.2, -0.15) is 0 Å². The summed E-state index contributed by atoms with van der Waals surface area (Å²) in [5.41, 5.74) is 2.74. The van der Waals surface area contributed by atoms with Crippen molar-refractivity contribution in [1.82, 2.24) is 0 Å². The van der Waals surface area contributed by atoms with Gasteiger partial charge in [0, 0.05) is 0 Å². The van der Waals surface area contributed by atoms with Crippen LogP contribution in [0.25, 0.3) is 0 Å². The van der Waals surface area contributed by atoms with Crippen LogP contribution in [-0.4, -0.2) is 12.8 Å². The van der Waals surface area contributed by atoms with Gasteiger partial charge in [-0.1, -0.05) is 25.6 Å². The second kappa shape index (κ2) is 2.60. The van der Waals surface area contributed by atoms with Gasteiger partial charge in [-0.3, -0.25) is 0 Å². The number of hydrogen-bond acceptors (Lipinski definition) is 2. The van der Waals surface area contributed by atoms with Crippen LogP contribution < -0.4 is 0 Å². The first-order valence-corrected chi connectivity index (χ1v) is 4.86. The minimum atomic E-state index is 0.448. The molecule has 13 heavy (non-hydrogen) atoms. The van der Waals surface area contributed by atoms with E-state index in [-0.39, 0.29) is 0 Å². The number of fused-ring (bicyclic) bond motifs is 2. The molecule has 3 fully saturated rings. The molecule has 3 aliphatic rings. The third-order valence-corrected chi connectivity index (χ3v) is 3.90. The van der Waals surface area contributed by atoms with E-state index in [1.807, 2.05) is 0 Å². The van der Waals surface area contributed by atoms with Crippen molar-refractivity contribution in [3.05, 3.63) is 12.2 Å². The Labute approximate surface area is 79.7 Å². The summed E-state index contributed by atoms with van der Waals surface area (Å²) in [6, 6.07) is 0. The van der Waals surface area contributed by atoms with Crippen LogP contribution in [0.3, 0.4) is 0 Å². The molecule has 0 aromatic rings. The average Bonchev–Trinajstić information content (AvgIpc) is 2.08. The minimum Gasteiger partial charge on any atom is -0.399 e. The molecule has 0 radical (unpaired) electrons. The zero-order valence-corrected chi connectivity index (χ0v) is 8.63. The minimum absolute atomic E-state index is 0.448. The second-order valence-corrected chi connectivity index (χ2v) is 4.76. The van der Waals surface area contributed by atoms with Crippen molar-refractivity contribution < 1.29 is 4.84 Å². The lowest BCUT2D eigenvalue weighted by Gasteiger charge is -2.57. The van der Waals surface area contributed by atoms with E-state index in [4.69, 9.17) is 4.84 Å². The number of hydrogen-bond donors (Lipinski definition) is 0. The molecule has 2 nitrogen and oxygen atoms in total. The van der Waals surface area contributed by atoms with E-state index in [1.165, 1.54) is 12.0 Å². The van der Waals surface area contributed by atoms with Crippen molar-refractivity contribution in [3.8, 4) is 0 Å². The lowest BCUT2D eigenvalue weighted by Crippen LogP contribution is -2.52.